The first kappa shape index (κ1) is 15.1. The molecule has 2 atom stereocenters. The zero-order chi connectivity index (χ0) is 14.4. The molecule has 1 N–H and O–H groups in total. The second-order valence-electron chi connectivity index (χ2n) is 6.40. The fourth-order valence-electron chi connectivity index (χ4n) is 3.16. The van der Waals surface area contributed by atoms with E-state index in [4.69, 9.17) is 5.26 Å². The summed E-state index contributed by atoms with van der Waals surface area (Å²) in [6.07, 6.45) is 6.72. The molecule has 2 rings (SSSR count). The van der Waals surface area contributed by atoms with Crippen LogP contribution in [0.5, 0.6) is 0 Å². The molecule has 0 radical (unpaired) electrons. The zero-order valence-electron chi connectivity index (χ0n) is 12.7. The standard InChI is InChI=1S/C18H26N2/c1-14(2)17-4-3-5-18(11-10-17)20-13-16-8-6-15(12-19)7-9-16/h6-9,14,17-18,20H,3-5,10-11,13H2,1-2H3. The Kier molecular flexibility index (Phi) is 5.61. The monoisotopic (exact) mass is 270 g/mol. The van der Waals surface area contributed by atoms with Crippen LogP contribution in [0.25, 0.3) is 0 Å². The Morgan fingerprint density at radius 2 is 1.90 bits per heavy atom. The average Bonchev–Trinajstić information content (AvgIpc) is 2.71. The van der Waals surface area contributed by atoms with E-state index in [-0.39, 0.29) is 0 Å². The minimum Gasteiger partial charge on any atom is -0.310 e. The van der Waals surface area contributed by atoms with Crippen LogP contribution in [-0.4, -0.2) is 6.04 Å². The molecule has 1 aliphatic carbocycles. The molecule has 2 nitrogen and oxygen atoms in total. The lowest BCUT2D eigenvalue weighted by molar-refractivity contribution is 0.337. The molecule has 1 aliphatic rings. The Morgan fingerprint density at radius 1 is 1.15 bits per heavy atom. The summed E-state index contributed by atoms with van der Waals surface area (Å²) in [5, 5.41) is 12.5. The average molecular weight is 270 g/mol. The molecule has 0 heterocycles. The quantitative estimate of drug-likeness (QED) is 0.830. The summed E-state index contributed by atoms with van der Waals surface area (Å²) in [5.74, 6) is 1.74. The fourth-order valence-corrected chi connectivity index (χ4v) is 3.16. The van der Waals surface area contributed by atoms with Crippen molar-refractivity contribution < 1.29 is 0 Å². The molecule has 20 heavy (non-hydrogen) atoms. The van der Waals surface area contributed by atoms with Crippen molar-refractivity contribution in [3.63, 3.8) is 0 Å². The van der Waals surface area contributed by atoms with Crippen LogP contribution in [0.4, 0.5) is 0 Å². The van der Waals surface area contributed by atoms with E-state index < -0.39 is 0 Å². The number of benzene rings is 1. The molecule has 1 aromatic rings. The van der Waals surface area contributed by atoms with Crippen LogP contribution in [0.15, 0.2) is 24.3 Å². The van der Waals surface area contributed by atoms with Crippen molar-refractivity contribution in [2.24, 2.45) is 11.8 Å². The van der Waals surface area contributed by atoms with Gasteiger partial charge < -0.3 is 5.32 Å². The predicted octanol–water partition coefficient (Wildman–Crippen LogP) is 4.25. The molecule has 0 saturated heterocycles. The number of hydrogen-bond donors (Lipinski definition) is 1. The Bertz CT molecular complexity index is 441. The first-order valence-corrected chi connectivity index (χ1v) is 7.91. The van der Waals surface area contributed by atoms with Crippen molar-refractivity contribution >= 4 is 0 Å². The molecule has 1 saturated carbocycles. The topological polar surface area (TPSA) is 35.8 Å². The van der Waals surface area contributed by atoms with Crippen LogP contribution in [0.2, 0.25) is 0 Å². The maximum absolute atomic E-state index is 8.80. The minimum absolute atomic E-state index is 0.661. The molecular weight excluding hydrogens is 244 g/mol. The van der Waals surface area contributed by atoms with E-state index >= 15 is 0 Å². The Morgan fingerprint density at radius 3 is 2.55 bits per heavy atom. The van der Waals surface area contributed by atoms with Crippen LogP contribution in [-0.2, 0) is 6.54 Å². The summed E-state index contributed by atoms with van der Waals surface area (Å²) < 4.78 is 0. The van der Waals surface area contributed by atoms with E-state index in [1.54, 1.807) is 0 Å². The SMILES string of the molecule is CC(C)C1CCCC(NCc2ccc(C#N)cc2)CC1. The lowest BCUT2D eigenvalue weighted by atomic mass is 9.89. The lowest BCUT2D eigenvalue weighted by Crippen LogP contribution is -2.28. The van der Waals surface area contributed by atoms with E-state index in [0.717, 1.165) is 23.9 Å². The molecule has 1 aromatic carbocycles. The summed E-state index contributed by atoms with van der Waals surface area (Å²) in [5.41, 5.74) is 2.01. The third kappa shape index (κ3) is 4.35. The fraction of sp³-hybridized carbons (Fsp3) is 0.611. The van der Waals surface area contributed by atoms with Gasteiger partial charge in [0, 0.05) is 12.6 Å². The van der Waals surface area contributed by atoms with Crippen molar-refractivity contribution in [2.75, 3.05) is 0 Å². The molecule has 0 spiro atoms. The van der Waals surface area contributed by atoms with Gasteiger partial charge in [0.15, 0.2) is 0 Å². The summed E-state index contributed by atoms with van der Waals surface area (Å²) in [6.45, 7) is 5.63. The van der Waals surface area contributed by atoms with Crippen LogP contribution >= 0.6 is 0 Å². The molecular formula is C18H26N2. The molecule has 1 fully saturated rings. The molecule has 2 unspecified atom stereocenters. The highest BCUT2D eigenvalue weighted by Gasteiger charge is 2.20. The van der Waals surface area contributed by atoms with Gasteiger partial charge >= 0.3 is 0 Å². The summed E-state index contributed by atoms with van der Waals surface area (Å²) in [6, 6.07) is 10.7. The van der Waals surface area contributed by atoms with Crippen molar-refractivity contribution in [1.29, 1.82) is 5.26 Å². The maximum atomic E-state index is 8.80. The van der Waals surface area contributed by atoms with Crippen molar-refractivity contribution in [1.82, 2.24) is 5.32 Å². The van der Waals surface area contributed by atoms with Crippen LogP contribution in [0, 0.1) is 23.2 Å². The molecule has 108 valence electrons. The number of hydrogen-bond acceptors (Lipinski definition) is 2. The Labute approximate surface area is 123 Å². The minimum atomic E-state index is 0.661. The van der Waals surface area contributed by atoms with Crippen LogP contribution in [0.1, 0.15) is 57.1 Å². The predicted molar refractivity (Wildman–Crippen MR) is 83.2 cm³/mol. The molecule has 0 aliphatic heterocycles. The first-order chi connectivity index (χ1) is 9.69. The number of nitrogens with one attached hydrogen (secondary N) is 1. The largest absolute Gasteiger partial charge is 0.310 e. The molecule has 2 heteroatoms. The van der Waals surface area contributed by atoms with Gasteiger partial charge in [-0.15, -0.1) is 0 Å². The van der Waals surface area contributed by atoms with E-state index in [1.165, 1.54) is 37.7 Å². The second-order valence-corrected chi connectivity index (χ2v) is 6.40. The number of nitrogens with zero attached hydrogens (tertiary/aromatic N) is 1. The molecule has 0 aromatic heterocycles. The van der Waals surface area contributed by atoms with E-state index in [2.05, 4.69) is 37.4 Å². The van der Waals surface area contributed by atoms with Crippen molar-refractivity contribution in [3.05, 3.63) is 35.4 Å². The highest BCUT2D eigenvalue weighted by molar-refractivity contribution is 5.31. The Hall–Kier alpha value is -1.33. The smallest absolute Gasteiger partial charge is 0.0991 e. The molecule has 0 bridgehead atoms. The normalized spacial score (nSPS) is 23.3. The van der Waals surface area contributed by atoms with E-state index in [1.807, 2.05) is 12.1 Å². The first-order valence-electron chi connectivity index (χ1n) is 7.91. The van der Waals surface area contributed by atoms with Gasteiger partial charge in [-0.05, 0) is 48.8 Å². The van der Waals surface area contributed by atoms with Gasteiger partial charge in [0.25, 0.3) is 0 Å². The van der Waals surface area contributed by atoms with Gasteiger partial charge in [-0.25, -0.2) is 0 Å². The third-order valence-corrected chi connectivity index (χ3v) is 4.63. The van der Waals surface area contributed by atoms with Crippen LogP contribution < -0.4 is 5.32 Å². The van der Waals surface area contributed by atoms with Gasteiger partial charge in [0.1, 0.15) is 0 Å². The van der Waals surface area contributed by atoms with Gasteiger partial charge in [-0.2, -0.15) is 5.26 Å². The highest BCUT2D eigenvalue weighted by Crippen LogP contribution is 2.28. The number of rotatable bonds is 4. The maximum Gasteiger partial charge on any atom is 0.0991 e. The van der Waals surface area contributed by atoms with Gasteiger partial charge in [-0.3, -0.25) is 0 Å². The summed E-state index contributed by atoms with van der Waals surface area (Å²) in [4.78, 5) is 0. The van der Waals surface area contributed by atoms with Crippen LogP contribution in [0.3, 0.4) is 0 Å². The van der Waals surface area contributed by atoms with Gasteiger partial charge in [0.2, 0.25) is 0 Å². The summed E-state index contributed by atoms with van der Waals surface area (Å²) in [7, 11) is 0. The zero-order valence-corrected chi connectivity index (χ0v) is 12.7. The van der Waals surface area contributed by atoms with E-state index in [0.29, 0.717) is 6.04 Å². The highest BCUT2D eigenvalue weighted by atomic mass is 14.9. The lowest BCUT2D eigenvalue weighted by Gasteiger charge is -2.19. The van der Waals surface area contributed by atoms with E-state index in [9.17, 15) is 0 Å². The van der Waals surface area contributed by atoms with Crippen molar-refractivity contribution in [2.45, 2.75) is 58.5 Å². The Balaban J connectivity index is 1.80. The van der Waals surface area contributed by atoms with Gasteiger partial charge in [0.05, 0.1) is 11.6 Å². The summed E-state index contributed by atoms with van der Waals surface area (Å²) >= 11 is 0. The second kappa shape index (κ2) is 7.45. The number of nitriles is 1. The third-order valence-electron chi connectivity index (χ3n) is 4.63. The molecule has 0 amide bonds. The van der Waals surface area contributed by atoms with Crippen molar-refractivity contribution in [3.8, 4) is 6.07 Å². The van der Waals surface area contributed by atoms with Gasteiger partial charge in [-0.1, -0.05) is 38.8 Å².